The molecule has 4 aliphatic carbocycles. The van der Waals surface area contributed by atoms with Gasteiger partial charge in [0.05, 0.1) is 25.4 Å². The first kappa shape index (κ1) is 43.5. The van der Waals surface area contributed by atoms with E-state index in [2.05, 4.69) is 40.7 Å². The van der Waals surface area contributed by atoms with Crippen LogP contribution < -0.4 is 0 Å². The quantitative estimate of drug-likeness (QED) is 0.104. The predicted molar refractivity (Wildman–Crippen MR) is 196 cm³/mol. The average molecular weight is 805 g/mol. The molecule has 6 aliphatic rings. The summed E-state index contributed by atoms with van der Waals surface area (Å²) in [4.78, 5) is 0. The Hall–Kier alpha value is -1.09. The van der Waals surface area contributed by atoms with E-state index in [-0.39, 0.29) is 17.8 Å². The largest absolute Gasteiger partial charge is 0.397 e. The summed E-state index contributed by atoms with van der Waals surface area (Å²) in [5.41, 5.74) is 3.55. The Kier molecular flexibility index (Phi) is 13.3. The van der Waals surface area contributed by atoms with E-state index in [1.54, 1.807) is 0 Å². The minimum Gasteiger partial charge on any atom is -0.394 e. The van der Waals surface area contributed by atoms with Gasteiger partial charge < -0.3 is 54.7 Å². The Morgan fingerprint density at radius 1 is 0.891 bits per heavy atom. The van der Waals surface area contributed by atoms with E-state index in [1.165, 1.54) is 16.7 Å². The van der Waals surface area contributed by atoms with E-state index in [4.69, 9.17) is 23.1 Å². The molecule has 2 aliphatic heterocycles. The van der Waals surface area contributed by atoms with Crippen LogP contribution in [-0.4, -0.2) is 136 Å². The number of ether oxygens (including phenoxy) is 4. The maximum absolute atomic E-state index is 12.4. The Morgan fingerprint density at radius 3 is 2.18 bits per heavy atom. The molecule has 18 unspecified atom stereocenters. The van der Waals surface area contributed by atoms with Crippen LogP contribution in [0, 0.1) is 34.5 Å². The van der Waals surface area contributed by atoms with Crippen molar-refractivity contribution in [3.05, 3.63) is 22.8 Å². The Labute approximate surface area is 324 Å². The van der Waals surface area contributed by atoms with Crippen LogP contribution in [0.25, 0.3) is 0 Å². The third-order valence-electron chi connectivity index (χ3n) is 14.4. The van der Waals surface area contributed by atoms with Crippen LogP contribution in [0.4, 0.5) is 0 Å². The Balaban J connectivity index is 1.24. The van der Waals surface area contributed by atoms with E-state index < -0.39 is 109 Å². The SMILES string of the molecule is CC(C)=CCCC(C)C1CCC2C3=C(CCC21C)C1(C)CCC(OC2OC(CO)C(O)C(O)C2OC2OC(CO)C(O)C(O)C2O)CC1C(OS(=O)(=O)O)C3. The third-order valence-corrected chi connectivity index (χ3v) is 14.9. The molecule has 0 aromatic heterocycles. The van der Waals surface area contributed by atoms with E-state index >= 15 is 0 Å². The molecule has 0 radical (unpaired) electrons. The third kappa shape index (κ3) is 8.51. The minimum absolute atomic E-state index is 0.0678. The molecule has 15 nitrogen and oxygen atoms in total. The van der Waals surface area contributed by atoms with Crippen LogP contribution >= 0.6 is 0 Å². The molecule has 55 heavy (non-hydrogen) atoms. The van der Waals surface area contributed by atoms with Crippen molar-refractivity contribution in [3.8, 4) is 0 Å². The molecule has 18 atom stereocenters. The summed E-state index contributed by atoms with van der Waals surface area (Å²) in [5, 5.41) is 72.8. The lowest BCUT2D eigenvalue weighted by atomic mass is 9.50. The van der Waals surface area contributed by atoms with Gasteiger partial charge in [-0.25, -0.2) is 4.18 Å². The van der Waals surface area contributed by atoms with Crippen LogP contribution in [-0.2, 0) is 33.5 Å². The monoisotopic (exact) mass is 804 g/mol. The molecule has 316 valence electrons. The van der Waals surface area contributed by atoms with Crippen LogP contribution in [0.5, 0.6) is 0 Å². The molecule has 4 fully saturated rings. The zero-order valence-corrected chi connectivity index (χ0v) is 33.5. The molecule has 0 spiro atoms. The van der Waals surface area contributed by atoms with Crippen molar-refractivity contribution in [1.29, 1.82) is 0 Å². The molecule has 0 aromatic rings. The molecule has 8 N–H and O–H groups in total. The summed E-state index contributed by atoms with van der Waals surface area (Å²) in [6.45, 7) is 9.79. The molecule has 0 amide bonds. The lowest BCUT2D eigenvalue weighted by Crippen LogP contribution is -2.65. The van der Waals surface area contributed by atoms with Gasteiger partial charge in [-0.3, -0.25) is 4.55 Å². The van der Waals surface area contributed by atoms with Gasteiger partial charge in [-0.15, -0.1) is 0 Å². The number of fused-ring (bicyclic) bond motifs is 4. The van der Waals surface area contributed by atoms with Crippen LogP contribution in [0.15, 0.2) is 22.8 Å². The van der Waals surface area contributed by atoms with Crippen molar-refractivity contribution in [2.75, 3.05) is 13.2 Å². The van der Waals surface area contributed by atoms with E-state index in [0.717, 1.165) is 38.5 Å². The first-order valence-corrected chi connectivity index (χ1v) is 21.4. The van der Waals surface area contributed by atoms with Gasteiger partial charge >= 0.3 is 10.4 Å². The molecule has 6 rings (SSSR count). The zero-order valence-electron chi connectivity index (χ0n) is 32.6. The Morgan fingerprint density at radius 2 is 1.55 bits per heavy atom. The number of hydrogen-bond acceptors (Lipinski definition) is 14. The fourth-order valence-electron chi connectivity index (χ4n) is 11.5. The number of rotatable bonds is 12. The smallest absolute Gasteiger partial charge is 0.394 e. The van der Waals surface area contributed by atoms with Crippen molar-refractivity contribution < 1.29 is 71.8 Å². The zero-order chi connectivity index (χ0) is 40.2. The van der Waals surface area contributed by atoms with E-state index in [0.29, 0.717) is 31.1 Å². The van der Waals surface area contributed by atoms with Crippen molar-refractivity contribution in [1.82, 2.24) is 0 Å². The first-order chi connectivity index (χ1) is 25.8. The second-order valence-electron chi connectivity index (χ2n) is 17.9. The molecule has 16 heteroatoms. The van der Waals surface area contributed by atoms with Crippen molar-refractivity contribution >= 4 is 10.4 Å². The van der Waals surface area contributed by atoms with Gasteiger partial charge in [0.1, 0.15) is 48.8 Å². The van der Waals surface area contributed by atoms with E-state index in [9.17, 15) is 48.7 Å². The van der Waals surface area contributed by atoms with E-state index in [1.807, 2.05) is 0 Å². The minimum atomic E-state index is -4.83. The molecular formula is C39H64O15S. The predicted octanol–water partition coefficient (Wildman–Crippen LogP) is 1.90. The topological polar surface area (TPSA) is 242 Å². The summed E-state index contributed by atoms with van der Waals surface area (Å²) < 4.78 is 64.1. The first-order valence-electron chi connectivity index (χ1n) is 20.1. The molecule has 2 heterocycles. The lowest BCUT2D eigenvalue weighted by molar-refractivity contribution is -0.373. The maximum Gasteiger partial charge on any atom is 0.397 e. The summed E-state index contributed by atoms with van der Waals surface area (Å²) in [6, 6.07) is 0. The van der Waals surface area contributed by atoms with Gasteiger partial charge in [0.15, 0.2) is 12.6 Å². The normalized spacial score (nSPS) is 46.7. The van der Waals surface area contributed by atoms with Gasteiger partial charge in [-0.1, -0.05) is 43.6 Å². The lowest BCUT2D eigenvalue weighted by Gasteiger charge is -2.57. The number of aliphatic hydroxyl groups is 7. The summed E-state index contributed by atoms with van der Waals surface area (Å²) in [5.74, 6) is 0.968. The fourth-order valence-corrected chi connectivity index (χ4v) is 12.0. The van der Waals surface area contributed by atoms with Crippen molar-refractivity contribution in [2.24, 2.45) is 34.5 Å². The molecular weight excluding hydrogens is 740 g/mol. The fraction of sp³-hybridized carbons (Fsp3) is 0.897. The number of allylic oxidation sites excluding steroid dienone is 3. The number of hydrogen-bond donors (Lipinski definition) is 8. The molecule has 2 saturated carbocycles. The van der Waals surface area contributed by atoms with Gasteiger partial charge in [0, 0.05) is 0 Å². The van der Waals surface area contributed by atoms with Crippen molar-refractivity contribution in [3.63, 3.8) is 0 Å². The van der Waals surface area contributed by atoms with Gasteiger partial charge in [0.25, 0.3) is 0 Å². The molecule has 0 aromatic carbocycles. The van der Waals surface area contributed by atoms with Gasteiger partial charge in [0.2, 0.25) is 0 Å². The standard InChI is InChI=1S/C39H64O15S/c1-19(2)7-6-8-20(3)23-9-10-24-22-16-27(54-55(47,48)49)26-15-21(11-13-39(26,5)25(22)12-14-38(23,24)4)50-37-35(33(45)31(43)29(18-41)52-37)53-36-34(46)32(44)30(42)28(17-40)51-36/h7,20-21,23-24,26-37,40-46H,6,8-18H2,1-5H3,(H,47,48,49). The van der Waals surface area contributed by atoms with Crippen molar-refractivity contribution in [2.45, 2.75) is 172 Å². The van der Waals surface area contributed by atoms with Gasteiger partial charge in [-0.2, -0.15) is 8.42 Å². The highest BCUT2D eigenvalue weighted by atomic mass is 32.3. The van der Waals surface area contributed by atoms with Gasteiger partial charge in [-0.05, 0) is 113 Å². The number of aliphatic hydroxyl groups excluding tert-OH is 7. The average Bonchev–Trinajstić information content (AvgIpc) is 3.48. The highest BCUT2D eigenvalue weighted by Gasteiger charge is 2.59. The van der Waals surface area contributed by atoms with Crippen LogP contribution in [0.2, 0.25) is 0 Å². The summed E-state index contributed by atoms with van der Waals surface area (Å²) in [7, 11) is -4.83. The second-order valence-corrected chi connectivity index (χ2v) is 19.0. The summed E-state index contributed by atoms with van der Waals surface area (Å²) >= 11 is 0. The second kappa shape index (κ2) is 16.9. The maximum atomic E-state index is 12.4. The van der Waals surface area contributed by atoms with Crippen LogP contribution in [0.3, 0.4) is 0 Å². The Bertz CT molecular complexity index is 1520. The molecule has 2 saturated heterocycles. The van der Waals surface area contributed by atoms with Crippen LogP contribution in [0.1, 0.15) is 98.8 Å². The summed E-state index contributed by atoms with van der Waals surface area (Å²) in [6.07, 6.45) is -7.06. The molecule has 0 bridgehead atoms. The highest BCUT2D eigenvalue weighted by Crippen LogP contribution is 2.66. The highest BCUT2D eigenvalue weighted by molar-refractivity contribution is 7.80.